The van der Waals surface area contributed by atoms with E-state index in [1.807, 2.05) is 37.3 Å². The highest BCUT2D eigenvalue weighted by Gasteiger charge is 2.09. The van der Waals surface area contributed by atoms with E-state index in [1.54, 1.807) is 0 Å². The number of ether oxygens (including phenoxy) is 1. The van der Waals surface area contributed by atoms with Crippen molar-refractivity contribution in [3.05, 3.63) is 45.4 Å². The van der Waals surface area contributed by atoms with Crippen LogP contribution in [0.3, 0.4) is 0 Å². The van der Waals surface area contributed by atoms with Gasteiger partial charge in [0.2, 0.25) is 0 Å². The van der Waals surface area contributed by atoms with Gasteiger partial charge in [-0.05, 0) is 28.4 Å². The minimum absolute atomic E-state index is 0.248. The number of amides is 1. The predicted molar refractivity (Wildman–Crippen MR) is 74.8 cm³/mol. The summed E-state index contributed by atoms with van der Waals surface area (Å²) < 4.78 is 5.82. The number of benzene rings is 1. The summed E-state index contributed by atoms with van der Waals surface area (Å²) in [5.74, 6) is 0. The summed E-state index contributed by atoms with van der Waals surface area (Å²) in [6.45, 7) is 2.17. The molecule has 4 nitrogen and oxygen atoms in total. The fourth-order valence-corrected chi connectivity index (χ4v) is 2.51. The Bertz CT molecular complexity index is 523. The van der Waals surface area contributed by atoms with E-state index in [2.05, 4.69) is 26.2 Å². The molecular weight excluding hydrogens is 316 g/mol. The zero-order valence-electron chi connectivity index (χ0n) is 9.64. The standard InChI is InChI=1S/C12H11BrN2O2S/c1-8-10(13)14-11(18-8)15-12(16)17-7-9-5-3-2-4-6-9/h2-6H,7H2,1H3,(H,14,15,16). The zero-order valence-corrected chi connectivity index (χ0v) is 12.0. The highest BCUT2D eigenvalue weighted by Crippen LogP contribution is 2.25. The highest BCUT2D eigenvalue weighted by atomic mass is 79.9. The molecule has 0 bridgehead atoms. The molecule has 94 valence electrons. The van der Waals surface area contributed by atoms with Crippen molar-refractivity contribution in [1.82, 2.24) is 4.98 Å². The summed E-state index contributed by atoms with van der Waals surface area (Å²) in [5.41, 5.74) is 0.948. The van der Waals surface area contributed by atoms with Gasteiger partial charge in [0.25, 0.3) is 0 Å². The van der Waals surface area contributed by atoms with Crippen molar-refractivity contribution < 1.29 is 9.53 Å². The molecule has 0 unspecified atom stereocenters. The van der Waals surface area contributed by atoms with Gasteiger partial charge in [-0.15, -0.1) is 11.3 Å². The van der Waals surface area contributed by atoms with Gasteiger partial charge in [-0.3, -0.25) is 5.32 Å². The monoisotopic (exact) mass is 326 g/mol. The lowest BCUT2D eigenvalue weighted by Crippen LogP contribution is -2.13. The molecule has 6 heteroatoms. The van der Waals surface area contributed by atoms with Crippen LogP contribution < -0.4 is 5.32 Å². The SMILES string of the molecule is Cc1sc(NC(=O)OCc2ccccc2)nc1Br. The van der Waals surface area contributed by atoms with E-state index in [-0.39, 0.29) is 6.61 Å². The lowest BCUT2D eigenvalue weighted by molar-refractivity contribution is 0.155. The lowest BCUT2D eigenvalue weighted by Gasteiger charge is -2.04. The van der Waals surface area contributed by atoms with Crippen molar-refractivity contribution in [3.63, 3.8) is 0 Å². The molecule has 2 rings (SSSR count). The first kappa shape index (κ1) is 13.0. The molecular formula is C12H11BrN2O2S. The third-order valence-electron chi connectivity index (χ3n) is 2.16. The molecule has 0 saturated heterocycles. The summed E-state index contributed by atoms with van der Waals surface area (Å²) in [6.07, 6.45) is -0.500. The van der Waals surface area contributed by atoms with Crippen molar-refractivity contribution in [2.75, 3.05) is 5.32 Å². The van der Waals surface area contributed by atoms with Crippen LogP contribution in [0.5, 0.6) is 0 Å². The lowest BCUT2D eigenvalue weighted by atomic mass is 10.2. The maximum atomic E-state index is 11.5. The molecule has 1 amide bonds. The molecule has 1 heterocycles. The Balaban J connectivity index is 1.86. The molecule has 0 saturated carbocycles. The van der Waals surface area contributed by atoms with E-state index in [0.29, 0.717) is 5.13 Å². The summed E-state index contributed by atoms with van der Waals surface area (Å²) in [5, 5.41) is 3.12. The Kier molecular flexibility index (Phi) is 4.33. The first-order valence-electron chi connectivity index (χ1n) is 5.26. The van der Waals surface area contributed by atoms with Crippen LogP contribution in [0.4, 0.5) is 9.93 Å². The zero-order chi connectivity index (χ0) is 13.0. The topological polar surface area (TPSA) is 51.2 Å². The summed E-state index contributed by atoms with van der Waals surface area (Å²) in [6, 6.07) is 9.52. The van der Waals surface area contributed by atoms with E-state index in [1.165, 1.54) is 11.3 Å². The molecule has 2 aromatic rings. The Morgan fingerprint density at radius 2 is 2.17 bits per heavy atom. The minimum atomic E-state index is -0.500. The molecule has 0 aliphatic carbocycles. The van der Waals surface area contributed by atoms with E-state index in [0.717, 1.165) is 15.0 Å². The molecule has 0 atom stereocenters. The van der Waals surface area contributed by atoms with Crippen LogP contribution >= 0.6 is 27.3 Å². The normalized spacial score (nSPS) is 10.1. The van der Waals surface area contributed by atoms with Gasteiger partial charge in [0.05, 0.1) is 0 Å². The van der Waals surface area contributed by atoms with Crippen molar-refractivity contribution in [1.29, 1.82) is 0 Å². The quantitative estimate of drug-likeness (QED) is 0.928. The van der Waals surface area contributed by atoms with Gasteiger partial charge in [-0.25, -0.2) is 9.78 Å². The van der Waals surface area contributed by atoms with E-state index < -0.39 is 6.09 Å². The second kappa shape index (κ2) is 5.97. The van der Waals surface area contributed by atoms with Gasteiger partial charge in [-0.2, -0.15) is 0 Å². The van der Waals surface area contributed by atoms with Crippen molar-refractivity contribution >= 4 is 38.5 Å². The average Bonchev–Trinajstić information content (AvgIpc) is 2.67. The first-order valence-corrected chi connectivity index (χ1v) is 6.87. The number of carbonyl (C=O) groups excluding carboxylic acids is 1. The molecule has 0 aliphatic rings. The van der Waals surface area contributed by atoms with Crippen LogP contribution in [-0.2, 0) is 11.3 Å². The fraction of sp³-hybridized carbons (Fsp3) is 0.167. The Labute approximate surface area is 117 Å². The maximum Gasteiger partial charge on any atom is 0.413 e. The largest absolute Gasteiger partial charge is 0.444 e. The molecule has 1 aromatic heterocycles. The Morgan fingerprint density at radius 1 is 1.44 bits per heavy atom. The van der Waals surface area contributed by atoms with Gasteiger partial charge >= 0.3 is 6.09 Å². The number of nitrogens with zero attached hydrogens (tertiary/aromatic N) is 1. The van der Waals surface area contributed by atoms with Gasteiger partial charge < -0.3 is 4.74 Å². The molecule has 0 radical (unpaired) electrons. The number of anilines is 1. The number of carbonyl (C=O) groups is 1. The average molecular weight is 327 g/mol. The van der Waals surface area contributed by atoms with Crippen LogP contribution in [0.25, 0.3) is 0 Å². The molecule has 0 spiro atoms. The molecule has 1 N–H and O–H groups in total. The van der Waals surface area contributed by atoms with Crippen LogP contribution in [0.2, 0.25) is 0 Å². The molecule has 0 aliphatic heterocycles. The fourth-order valence-electron chi connectivity index (χ4n) is 1.28. The summed E-state index contributed by atoms with van der Waals surface area (Å²) in [4.78, 5) is 16.7. The van der Waals surface area contributed by atoms with E-state index in [4.69, 9.17) is 4.74 Å². The van der Waals surface area contributed by atoms with Crippen molar-refractivity contribution in [2.45, 2.75) is 13.5 Å². The van der Waals surface area contributed by atoms with Gasteiger partial charge in [0, 0.05) is 4.88 Å². The van der Waals surface area contributed by atoms with E-state index in [9.17, 15) is 4.79 Å². The summed E-state index contributed by atoms with van der Waals surface area (Å²) in [7, 11) is 0. The van der Waals surface area contributed by atoms with Gasteiger partial charge in [0.1, 0.15) is 11.2 Å². The number of hydrogen-bond donors (Lipinski definition) is 1. The predicted octanol–water partition coefficient (Wildman–Crippen LogP) is 3.96. The second-order valence-corrected chi connectivity index (χ2v) is 5.51. The third kappa shape index (κ3) is 3.54. The van der Waals surface area contributed by atoms with Crippen LogP contribution in [0, 0.1) is 6.92 Å². The Hall–Kier alpha value is -1.40. The highest BCUT2D eigenvalue weighted by molar-refractivity contribution is 9.10. The van der Waals surface area contributed by atoms with Gasteiger partial charge in [-0.1, -0.05) is 30.3 Å². The molecule has 1 aromatic carbocycles. The minimum Gasteiger partial charge on any atom is -0.444 e. The number of nitrogens with one attached hydrogen (secondary N) is 1. The van der Waals surface area contributed by atoms with Crippen LogP contribution in [-0.4, -0.2) is 11.1 Å². The van der Waals surface area contributed by atoms with Gasteiger partial charge in [0.15, 0.2) is 5.13 Å². The van der Waals surface area contributed by atoms with Crippen LogP contribution in [0.1, 0.15) is 10.4 Å². The Morgan fingerprint density at radius 3 is 2.78 bits per heavy atom. The smallest absolute Gasteiger partial charge is 0.413 e. The second-order valence-electron chi connectivity index (χ2n) is 3.55. The molecule has 0 fully saturated rings. The maximum absolute atomic E-state index is 11.5. The number of thiazole rings is 1. The first-order chi connectivity index (χ1) is 8.65. The van der Waals surface area contributed by atoms with Crippen molar-refractivity contribution in [3.8, 4) is 0 Å². The molecule has 18 heavy (non-hydrogen) atoms. The third-order valence-corrected chi connectivity index (χ3v) is 4.08. The van der Waals surface area contributed by atoms with Crippen LogP contribution in [0.15, 0.2) is 34.9 Å². The van der Waals surface area contributed by atoms with Crippen molar-refractivity contribution in [2.24, 2.45) is 0 Å². The number of halogens is 1. The number of aryl methyl sites for hydroxylation is 1. The number of aromatic nitrogens is 1. The van der Waals surface area contributed by atoms with E-state index >= 15 is 0 Å². The number of hydrogen-bond acceptors (Lipinski definition) is 4. The number of rotatable bonds is 3. The summed E-state index contributed by atoms with van der Waals surface area (Å²) >= 11 is 4.68.